The van der Waals surface area contributed by atoms with E-state index in [1.165, 1.54) is 11.3 Å². The van der Waals surface area contributed by atoms with Gasteiger partial charge in [-0.3, -0.25) is 4.90 Å². The summed E-state index contributed by atoms with van der Waals surface area (Å²) < 4.78 is 0.338. The summed E-state index contributed by atoms with van der Waals surface area (Å²) >= 11 is 2.09. The van der Waals surface area contributed by atoms with Crippen LogP contribution in [0, 0.1) is 0 Å². The highest BCUT2D eigenvalue weighted by Crippen LogP contribution is 2.35. The average molecular weight is 292 g/mol. The molecule has 112 valence electrons. The zero-order chi connectivity index (χ0) is 14.6. The van der Waals surface area contributed by atoms with Gasteiger partial charge >= 0.3 is 0 Å². The van der Waals surface area contributed by atoms with E-state index in [4.69, 9.17) is 5.73 Å². The van der Waals surface area contributed by atoms with Crippen LogP contribution in [0.3, 0.4) is 0 Å². The molecular formula is C17H28N2S. The molecule has 1 atom stereocenters. The second-order valence-corrected chi connectivity index (χ2v) is 8.28. The molecule has 2 N–H and O–H groups in total. The van der Waals surface area contributed by atoms with E-state index in [2.05, 4.69) is 67.8 Å². The minimum atomic E-state index is 0.111. The van der Waals surface area contributed by atoms with Gasteiger partial charge in [0.2, 0.25) is 0 Å². The summed E-state index contributed by atoms with van der Waals surface area (Å²) in [5.74, 6) is 1.21. The van der Waals surface area contributed by atoms with Gasteiger partial charge in [0, 0.05) is 35.7 Å². The highest BCUT2D eigenvalue weighted by molar-refractivity contribution is 8.00. The molecule has 0 amide bonds. The molecule has 0 aliphatic carbocycles. The van der Waals surface area contributed by atoms with Crippen LogP contribution < -0.4 is 5.73 Å². The summed E-state index contributed by atoms with van der Waals surface area (Å²) in [6, 6.07) is 10.8. The number of hydrogen-bond acceptors (Lipinski definition) is 3. The Kier molecular flexibility index (Phi) is 5.16. The van der Waals surface area contributed by atoms with Crippen molar-refractivity contribution in [1.29, 1.82) is 0 Å². The molecule has 1 aliphatic rings. The number of nitrogens with two attached hydrogens (primary N) is 1. The van der Waals surface area contributed by atoms with E-state index in [9.17, 15) is 0 Å². The smallest absolute Gasteiger partial charge is 0.0370 e. The third-order valence-electron chi connectivity index (χ3n) is 4.51. The van der Waals surface area contributed by atoms with Crippen LogP contribution in [-0.2, 0) is 6.42 Å². The van der Waals surface area contributed by atoms with Gasteiger partial charge in [-0.1, -0.05) is 37.3 Å². The van der Waals surface area contributed by atoms with Gasteiger partial charge in [0.1, 0.15) is 0 Å². The molecule has 1 fully saturated rings. The molecule has 1 saturated heterocycles. The molecule has 2 nitrogen and oxygen atoms in total. The second kappa shape index (κ2) is 6.50. The van der Waals surface area contributed by atoms with Crippen molar-refractivity contribution in [2.45, 2.75) is 43.9 Å². The zero-order valence-corrected chi connectivity index (χ0v) is 13.9. The lowest BCUT2D eigenvalue weighted by molar-refractivity contribution is 0.0834. The number of nitrogens with zero attached hydrogens (tertiary/aromatic N) is 1. The summed E-state index contributed by atoms with van der Waals surface area (Å²) in [6.45, 7) is 10.0. The van der Waals surface area contributed by atoms with Gasteiger partial charge in [0.25, 0.3) is 0 Å². The second-order valence-electron chi connectivity index (χ2n) is 6.47. The van der Waals surface area contributed by atoms with Gasteiger partial charge < -0.3 is 5.73 Å². The average Bonchev–Trinajstić information content (AvgIpc) is 2.45. The maximum atomic E-state index is 6.24. The van der Waals surface area contributed by atoms with Crippen molar-refractivity contribution in [2.24, 2.45) is 5.73 Å². The molecule has 1 aliphatic heterocycles. The van der Waals surface area contributed by atoms with Crippen molar-refractivity contribution in [3.05, 3.63) is 35.9 Å². The minimum absolute atomic E-state index is 0.111. The topological polar surface area (TPSA) is 29.3 Å². The predicted octanol–water partition coefficient (Wildman–Crippen LogP) is 3.16. The number of rotatable bonds is 5. The molecule has 0 saturated carbocycles. The molecule has 0 spiro atoms. The molecule has 0 aromatic heterocycles. The fraction of sp³-hybridized carbons (Fsp3) is 0.647. The lowest BCUT2D eigenvalue weighted by atomic mass is 9.85. The van der Waals surface area contributed by atoms with Gasteiger partial charge in [-0.05, 0) is 32.3 Å². The first-order valence-corrected chi connectivity index (χ1v) is 8.63. The van der Waals surface area contributed by atoms with E-state index in [0.717, 1.165) is 32.5 Å². The van der Waals surface area contributed by atoms with E-state index >= 15 is 0 Å². The van der Waals surface area contributed by atoms with Crippen LogP contribution in [0.1, 0.15) is 32.8 Å². The van der Waals surface area contributed by atoms with Crippen LogP contribution in [0.2, 0.25) is 0 Å². The van der Waals surface area contributed by atoms with Crippen LogP contribution in [0.5, 0.6) is 0 Å². The maximum absolute atomic E-state index is 6.24. The van der Waals surface area contributed by atoms with E-state index in [1.807, 2.05) is 0 Å². The van der Waals surface area contributed by atoms with E-state index in [0.29, 0.717) is 4.75 Å². The first kappa shape index (κ1) is 15.9. The van der Waals surface area contributed by atoms with Crippen molar-refractivity contribution in [3.63, 3.8) is 0 Å². The van der Waals surface area contributed by atoms with Crippen molar-refractivity contribution in [3.8, 4) is 0 Å². The van der Waals surface area contributed by atoms with Gasteiger partial charge in [-0.2, -0.15) is 11.8 Å². The Hall–Kier alpha value is -0.510. The fourth-order valence-corrected chi connectivity index (χ4v) is 4.31. The maximum Gasteiger partial charge on any atom is 0.0370 e. The summed E-state index contributed by atoms with van der Waals surface area (Å²) in [5, 5.41) is 0. The Morgan fingerprint density at radius 3 is 2.55 bits per heavy atom. The molecule has 2 rings (SSSR count). The van der Waals surface area contributed by atoms with Crippen LogP contribution in [0.4, 0.5) is 0 Å². The summed E-state index contributed by atoms with van der Waals surface area (Å²) in [7, 11) is 0. The third kappa shape index (κ3) is 3.57. The van der Waals surface area contributed by atoms with Crippen LogP contribution in [-0.4, -0.2) is 40.6 Å². The van der Waals surface area contributed by atoms with Crippen LogP contribution in [0.25, 0.3) is 0 Å². The highest BCUT2D eigenvalue weighted by Gasteiger charge is 2.39. The van der Waals surface area contributed by atoms with E-state index in [1.54, 1.807) is 0 Å². The van der Waals surface area contributed by atoms with E-state index in [-0.39, 0.29) is 5.54 Å². The molecule has 1 aromatic rings. The lowest BCUT2D eigenvalue weighted by Crippen LogP contribution is -2.60. The van der Waals surface area contributed by atoms with Gasteiger partial charge in [0.05, 0.1) is 0 Å². The largest absolute Gasteiger partial charge is 0.329 e. The highest BCUT2D eigenvalue weighted by atomic mass is 32.2. The molecule has 1 heterocycles. The lowest BCUT2D eigenvalue weighted by Gasteiger charge is -2.49. The quantitative estimate of drug-likeness (QED) is 0.904. The van der Waals surface area contributed by atoms with Crippen molar-refractivity contribution in [2.75, 3.05) is 25.4 Å². The predicted molar refractivity (Wildman–Crippen MR) is 90.3 cm³/mol. The summed E-state index contributed by atoms with van der Waals surface area (Å²) in [5.41, 5.74) is 7.75. The van der Waals surface area contributed by atoms with E-state index < -0.39 is 0 Å². The van der Waals surface area contributed by atoms with Crippen molar-refractivity contribution >= 4 is 11.8 Å². The summed E-state index contributed by atoms with van der Waals surface area (Å²) in [6.07, 6.45) is 2.17. The van der Waals surface area contributed by atoms with Crippen molar-refractivity contribution in [1.82, 2.24) is 4.90 Å². The van der Waals surface area contributed by atoms with Gasteiger partial charge in [-0.15, -0.1) is 0 Å². The van der Waals surface area contributed by atoms with Gasteiger partial charge in [0.15, 0.2) is 0 Å². The zero-order valence-electron chi connectivity index (χ0n) is 13.1. The number of thioether (sulfide) groups is 1. The standard InChI is InChI=1S/C17H28N2S/c1-4-17(13-18,12-15-8-6-5-7-9-15)19-10-11-20-16(2,3)14-19/h5-9H,4,10-14,18H2,1-3H3. The Labute approximate surface area is 128 Å². The Balaban J connectivity index is 2.20. The first-order valence-electron chi connectivity index (χ1n) is 7.64. The Bertz CT molecular complexity index is 412. The first-order chi connectivity index (χ1) is 9.51. The number of benzene rings is 1. The SMILES string of the molecule is CCC(CN)(Cc1ccccc1)N1CCSC(C)(C)C1. The normalized spacial score (nSPS) is 22.4. The molecule has 1 aromatic carbocycles. The van der Waals surface area contributed by atoms with Crippen LogP contribution >= 0.6 is 11.8 Å². The van der Waals surface area contributed by atoms with Crippen molar-refractivity contribution < 1.29 is 0 Å². The minimum Gasteiger partial charge on any atom is -0.329 e. The van der Waals surface area contributed by atoms with Gasteiger partial charge in [-0.25, -0.2) is 0 Å². The van der Waals surface area contributed by atoms with Crippen LogP contribution in [0.15, 0.2) is 30.3 Å². The number of hydrogen-bond donors (Lipinski definition) is 1. The molecule has 0 bridgehead atoms. The third-order valence-corrected chi connectivity index (χ3v) is 5.81. The molecule has 0 radical (unpaired) electrons. The Morgan fingerprint density at radius 1 is 1.30 bits per heavy atom. The molecule has 1 unspecified atom stereocenters. The molecule has 20 heavy (non-hydrogen) atoms. The Morgan fingerprint density at radius 2 is 2.00 bits per heavy atom. The molecule has 3 heteroatoms. The summed E-state index contributed by atoms with van der Waals surface area (Å²) in [4.78, 5) is 2.65. The molecular weight excluding hydrogens is 264 g/mol. The monoisotopic (exact) mass is 292 g/mol. The fourth-order valence-electron chi connectivity index (χ4n) is 3.20.